The Morgan fingerprint density at radius 2 is 1.75 bits per heavy atom. The van der Waals surface area contributed by atoms with Gasteiger partial charge in [-0.05, 0) is 21.8 Å². The number of ether oxygens (including phenoxy) is 3. The number of nitrogens with zero attached hydrogens (tertiary/aromatic N) is 6. The number of hydrogen-bond acceptors (Lipinski definition) is 6. The van der Waals surface area contributed by atoms with Gasteiger partial charge in [0, 0.05) is 23.7 Å². The van der Waals surface area contributed by atoms with E-state index >= 15 is 4.39 Å². The lowest BCUT2D eigenvalue weighted by molar-refractivity contribution is -0.0736. The first-order valence-electron chi connectivity index (χ1n) is 11.6. The van der Waals surface area contributed by atoms with E-state index in [0.29, 0.717) is 23.2 Å². The van der Waals surface area contributed by atoms with E-state index < -0.39 is 24.5 Å². The lowest BCUT2D eigenvalue weighted by atomic mass is 10.0. The summed E-state index contributed by atoms with van der Waals surface area (Å²) < 4.78 is 35.9. The zero-order valence-electron chi connectivity index (χ0n) is 19.6. The zero-order valence-corrected chi connectivity index (χ0v) is 19.6. The van der Waals surface area contributed by atoms with Crippen LogP contribution in [-0.2, 0) is 34.5 Å². The first-order valence-corrected chi connectivity index (χ1v) is 11.6. The monoisotopic (exact) mass is 488 g/mol. The molecule has 0 saturated carbocycles. The van der Waals surface area contributed by atoms with E-state index in [-0.39, 0.29) is 19.0 Å². The summed E-state index contributed by atoms with van der Waals surface area (Å²) in [4.78, 5) is 11.2. The number of benzene rings is 2. The Kier molecular flexibility index (Phi) is 7.20. The number of aryl methyl sites for hydroxylation is 1. The second-order valence-electron chi connectivity index (χ2n) is 8.58. The van der Waals surface area contributed by atoms with E-state index in [1.165, 1.54) is 6.33 Å². The number of aromatic nitrogens is 3. The summed E-state index contributed by atoms with van der Waals surface area (Å²) in [5, 5.41) is 3.65. The number of hydrogen-bond donors (Lipinski definition) is 0. The predicted molar refractivity (Wildman–Crippen MR) is 131 cm³/mol. The molecule has 1 unspecified atom stereocenters. The van der Waals surface area contributed by atoms with Gasteiger partial charge < -0.3 is 18.8 Å². The maximum absolute atomic E-state index is 16.0. The van der Waals surface area contributed by atoms with Gasteiger partial charge in [-0.1, -0.05) is 60.7 Å². The fourth-order valence-corrected chi connectivity index (χ4v) is 4.49. The molecule has 0 radical (unpaired) electrons. The van der Waals surface area contributed by atoms with Crippen molar-refractivity contribution in [3.63, 3.8) is 0 Å². The molecule has 1 saturated heterocycles. The number of fused-ring (bicyclic) bond motifs is 1. The first-order chi connectivity index (χ1) is 17.7. The summed E-state index contributed by atoms with van der Waals surface area (Å²) in [5.74, 6) is 0.171. The quantitative estimate of drug-likeness (QED) is 0.176. The molecule has 36 heavy (non-hydrogen) atoms. The average molecular weight is 489 g/mol. The maximum Gasteiger partial charge on any atom is 0.159 e. The number of azide groups is 1. The van der Waals surface area contributed by atoms with Crippen molar-refractivity contribution < 1.29 is 18.6 Å². The van der Waals surface area contributed by atoms with Gasteiger partial charge in [0.15, 0.2) is 12.0 Å². The molecular formula is C26H25FN6O3. The van der Waals surface area contributed by atoms with Crippen LogP contribution in [0.25, 0.3) is 21.5 Å². The molecule has 2 aromatic carbocycles. The van der Waals surface area contributed by atoms with E-state index in [4.69, 9.17) is 19.7 Å². The lowest BCUT2D eigenvalue weighted by Crippen LogP contribution is -2.34. The highest BCUT2D eigenvalue weighted by Crippen LogP contribution is 2.41. The van der Waals surface area contributed by atoms with Crippen molar-refractivity contribution in [2.75, 3.05) is 6.61 Å². The zero-order chi connectivity index (χ0) is 24.9. The molecule has 4 aromatic rings. The number of halogens is 1. The molecule has 1 aliphatic rings. The van der Waals surface area contributed by atoms with Crippen molar-refractivity contribution in [1.29, 1.82) is 0 Å². The molecule has 0 amide bonds. The Hall–Kier alpha value is -3.82. The van der Waals surface area contributed by atoms with Gasteiger partial charge in [-0.15, -0.1) is 0 Å². The Bertz CT molecular complexity index is 1360. The Labute approximate surface area is 207 Å². The first kappa shape index (κ1) is 23.9. The van der Waals surface area contributed by atoms with E-state index in [9.17, 15) is 0 Å². The lowest BCUT2D eigenvalue weighted by Gasteiger charge is -2.20. The summed E-state index contributed by atoms with van der Waals surface area (Å²) in [5.41, 5.74) is 12.4. The van der Waals surface area contributed by atoms with Crippen LogP contribution in [0.2, 0.25) is 0 Å². The van der Waals surface area contributed by atoms with Crippen molar-refractivity contribution in [2.45, 2.75) is 37.7 Å². The van der Waals surface area contributed by atoms with Gasteiger partial charge in [0.05, 0.1) is 30.9 Å². The van der Waals surface area contributed by atoms with Gasteiger partial charge in [0.1, 0.15) is 24.6 Å². The Balaban J connectivity index is 1.40. The molecule has 0 N–H and O–H groups in total. The summed E-state index contributed by atoms with van der Waals surface area (Å²) in [6, 6.07) is 19.4. The fraction of sp³-hybridized carbons (Fsp3) is 0.308. The van der Waals surface area contributed by atoms with Gasteiger partial charge >= 0.3 is 0 Å². The third-order valence-electron chi connectivity index (χ3n) is 6.18. The smallest absolute Gasteiger partial charge is 0.159 e. The average Bonchev–Trinajstić information content (AvgIpc) is 3.40. The number of rotatable bonds is 9. The molecule has 2 aromatic heterocycles. The molecular weight excluding hydrogens is 463 g/mol. The Morgan fingerprint density at radius 3 is 2.44 bits per heavy atom. The molecule has 5 rings (SSSR count). The SMILES string of the molecule is Cn1cc([C@@H]2OC(COCc3ccccc3)[C@@H](OCc3ccccc3)[C@H]2F)c2ncnc(N=[N+]=[N-])c21. The molecule has 9 nitrogen and oxygen atoms in total. The third kappa shape index (κ3) is 4.93. The molecule has 0 bridgehead atoms. The maximum atomic E-state index is 16.0. The minimum Gasteiger partial charge on any atom is -0.374 e. The highest BCUT2D eigenvalue weighted by molar-refractivity contribution is 5.88. The van der Waals surface area contributed by atoms with Crippen molar-refractivity contribution in [2.24, 2.45) is 12.2 Å². The topological polar surface area (TPSA) is 107 Å². The van der Waals surface area contributed by atoms with E-state index in [1.807, 2.05) is 60.7 Å². The molecule has 4 atom stereocenters. The molecule has 1 aliphatic heterocycles. The van der Waals surface area contributed by atoms with E-state index in [1.54, 1.807) is 17.8 Å². The standard InChI is InChI=1S/C26H25FN6O3/c1-33-12-19(22-23(33)26(31-32-28)30-16-29-22)24-21(27)25(35-14-18-10-6-3-7-11-18)20(36-24)15-34-13-17-8-4-2-5-9-17/h2-12,16,20-21,24-25H,13-15H2,1H3/t20?,21-,24-,25+/m0/s1. The predicted octanol–water partition coefficient (Wildman–Crippen LogP) is 5.49. The van der Waals surface area contributed by atoms with Crippen LogP contribution in [0, 0.1) is 0 Å². The van der Waals surface area contributed by atoms with Crippen molar-refractivity contribution in [3.8, 4) is 0 Å². The van der Waals surface area contributed by atoms with Gasteiger partial charge in [-0.3, -0.25) is 0 Å². The summed E-state index contributed by atoms with van der Waals surface area (Å²) >= 11 is 0. The fourth-order valence-electron chi connectivity index (χ4n) is 4.49. The summed E-state index contributed by atoms with van der Waals surface area (Å²) in [6.07, 6.45) is -0.863. The summed E-state index contributed by atoms with van der Waals surface area (Å²) in [6.45, 7) is 0.787. The van der Waals surface area contributed by atoms with Crippen LogP contribution in [0.15, 0.2) is 78.3 Å². The normalized spacial score (nSPS) is 21.5. The van der Waals surface area contributed by atoms with Crippen LogP contribution >= 0.6 is 0 Å². The van der Waals surface area contributed by atoms with Crippen molar-refractivity contribution >= 4 is 16.9 Å². The van der Waals surface area contributed by atoms with Crippen LogP contribution in [-0.4, -0.2) is 39.5 Å². The molecule has 3 heterocycles. The molecule has 1 fully saturated rings. The van der Waals surface area contributed by atoms with Crippen LogP contribution in [0.4, 0.5) is 10.2 Å². The van der Waals surface area contributed by atoms with Crippen LogP contribution < -0.4 is 0 Å². The third-order valence-corrected chi connectivity index (χ3v) is 6.18. The van der Waals surface area contributed by atoms with E-state index in [0.717, 1.165) is 11.1 Å². The van der Waals surface area contributed by atoms with Gasteiger partial charge in [-0.25, -0.2) is 14.4 Å². The number of alkyl halides is 1. The minimum atomic E-state index is -1.47. The summed E-state index contributed by atoms with van der Waals surface area (Å²) in [7, 11) is 1.76. The highest BCUT2D eigenvalue weighted by atomic mass is 19.1. The second-order valence-corrected chi connectivity index (χ2v) is 8.58. The Morgan fingerprint density at radius 1 is 1.06 bits per heavy atom. The van der Waals surface area contributed by atoms with Gasteiger partial charge in [0.25, 0.3) is 0 Å². The molecule has 0 spiro atoms. The minimum absolute atomic E-state index is 0.162. The highest BCUT2D eigenvalue weighted by Gasteiger charge is 2.48. The largest absolute Gasteiger partial charge is 0.374 e. The van der Waals surface area contributed by atoms with Crippen molar-refractivity contribution in [3.05, 3.63) is 100 Å². The van der Waals surface area contributed by atoms with Gasteiger partial charge in [-0.2, -0.15) is 0 Å². The van der Waals surface area contributed by atoms with Crippen LogP contribution in [0.5, 0.6) is 0 Å². The van der Waals surface area contributed by atoms with Crippen LogP contribution in [0.1, 0.15) is 22.8 Å². The van der Waals surface area contributed by atoms with Gasteiger partial charge in [0.2, 0.25) is 0 Å². The molecule has 184 valence electrons. The second kappa shape index (κ2) is 10.8. The van der Waals surface area contributed by atoms with E-state index in [2.05, 4.69) is 20.0 Å². The molecule has 10 heteroatoms. The molecule has 0 aliphatic carbocycles. The van der Waals surface area contributed by atoms with Crippen molar-refractivity contribution in [1.82, 2.24) is 14.5 Å². The van der Waals surface area contributed by atoms with Crippen LogP contribution in [0.3, 0.4) is 0 Å².